The van der Waals surface area contributed by atoms with E-state index in [1.165, 1.54) is 6.07 Å². The van der Waals surface area contributed by atoms with Crippen molar-refractivity contribution in [2.24, 2.45) is 0 Å². The van der Waals surface area contributed by atoms with Crippen LogP contribution < -0.4 is 9.47 Å². The maximum Gasteiger partial charge on any atom is 0.359 e. The van der Waals surface area contributed by atoms with Crippen molar-refractivity contribution in [1.82, 2.24) is 0 Å². The molecule has 0 amide bonds. The molecular weight excluding hydrogens is 252 g/mol. The first-order chi connectivity index (χ1) is 8.82. The van der Waals surface area contributed by atoms with Crippen molar-refractivity contribution in [3.63, 3.8) is 0 Å². The number of aryl methyl sites for hydroxylation is 1. The summed E-state index contributed by atoms with van der Waals surface area (Å²) in [5.74, 6) is -2.72. The maximum absolute atomic E-state index is 11.1. The zero-order valence-electron chi connectivity index (χ0n) is 11.0. The molecule has 2 N–H and O–H groups in total. The number of hydrogen-bond donors (Lipinski definition) is 2. The standard InChI is InChI=1S/C13H16O6/c1-4-18-10-8(2)6-5-7-9(10)19-13(3,11(14)15)12(16)17/h5-7H,4H2,1-3H3,(H,14,15)(H,16,17). The minimum absolute atomic E-state index is 0.0918. The number of rotatable bonds is 6. The molecule has 1 aromatic rings. The lowest BCUT2D eigenvalue weighted by molar-refractivity contribution is -0.170. The normalized spacial score (nSPS) is 10.9. The summed E-state index contributed by atoms with van der Waals surface area (Å²) in [7, 11) is 0. The predicted molar refractivity (Wildman–Crippen MR) is 66.7 cm³/mol. The molecule has 0 saturated carbocycles. The van der Waals surface area contributed by atoms with Crippen LogP contribution in [0.2, 0.25) is 0 Å². The van der Waals surface area contributed by atoms with Crippen LogP contribution in [0.25, 0.3) is 0 Å². The molecule has 0 fully saturated rings. The van der Waals surface area contributed by atoms with Gasteiger partial charge in [-0.05, 0) is 32.4 Å². The molecule has 6 heteroatoms. The monoisotopic (exact) mass is 268 g/mol. The van der Waals surface area contributed by atoms with Gasteiger partial charge in [-0.15, -0.1) is 0 Å². The van der Waals surface area contributed by atoms with E-state index in [0.29, 0.717) is 12.4 Å². The fourth-order valence-corrected chi connectivity index (χ4v) is 1.43. The minimum atomic E-state index is -2.36. The molecule has 0 aliphatic rings. The van der Waals surface area contributed by atoms with Gasteiger partial charge in [0.1, 0.15) is 0 Å². The van der Waals surface area contributed by atoms with Gasteiger partial charge >= 0.3 is 11.9 Å². The summed E-state index contributed by atoms with van der Waals surface area (Å²) < 4.78 is 10.5. The maximum atomic E-state index is 11.1. The van der Waals surface area contributed by atoms with E-state index in [4.69, 9.17) is 19.7 Å². The summed E-state index contributed by atoms with van der Waals surface area (Å²) in [6.45, 7) is 4.87. The number of carboxylic acid groups (broad SMARTS) is 2. The molecular formula is C13H16O6. The summed E-state index contributed by atoms with van der Waals surface area (Å²) >= 11 is 0. The van der Waals surface area contributed by atoms with Crippen LogP contribution >= 0.6 is 0 Å². The van der Waals surface area contributed by atoms with Crippen LogP contribution in [0.15, 0.2) is 18.2 Å². The first-order valence-electron chi connectivity index (χ1n) is 5.71. The van der Waals surface area contributed by atoms with Gasteiger partial charge in [0.05, 0.1) is 6.61 Å². The smallest absolute Gasteiger partial charge is 0.359 e. The first kappa shape index (κ1) is 14.8. The molecule has 0 aliphatic carbocycles. The molecule has 6 nitrogen and oxygen atoms in total. The zero-order valence-corrected chi connectivity index (χ0v) is 11.0. The van der Waals surface area contributed by atoms with Crippen molar-refractivity contribution >= 4 is 11.9 Å². The van der Waals surface area contributed by atoms with Gasteiger partial charge in [-0.25, -0.2) is 9.59 Å². The topological polar surface area (TPSA) is 93.1 Å². The third-order valence-corrected chi connectivity index (χ3v) is 2.59. The van der Waals surface area contributed by atoms with Crippen LogP contribution in [0.5, 0.6) is 11.5 Å². The number of carboxylic acids is 2. The molecule has 1 rings (SSSR count). The molecule has 0 saturated heterocycles. The molecule has 0 spiro atoms. The Bertz CT molecular complexity index is 480. The number of para-hydroxylation sites is 1. The van der Waals surface area contributed by atoms with E-state index in [1.807, 2.05) is 0 Å². The van der Waals surface area contributed by atoms with Gasteiger partial charge in [0, 0.05) is 0 Å². The lowest BCUT2D eigenvalue weighted by Crippen LogP contribution is -2.49. The Kier molecular flexibility index (Phi) is 4.37. The van der Waals surface area contributed by atoms with Gasteiger partial charge in [0.25, 0.3) is 5.60 Å². The summed E-state index contributed by atoms with van der Waals surface area (Å²) in [4.78, 5) is 22.1. The number of carbonyl (C=O) groups is 2. The molecule has 0 aromatic heterocycles. The van der Waals surface area contributed by atoms with Gasteiger partial charge in [0.2, 0.25) is 0 Å². The average molecular weight is 268 g/mol. The van der Waals surface area contributed by atoms with Crippen LogP contribution in [-0.2, 0) is 9.59 Å². The fraction of sp³-hybridized carbons (Fsp3) is 0.385. The lowest BCUT2D eigenvalue weighted by Gasteiger charge is -2.23. The molecule has 0 heterocycles. The van der Waals surface area contributed by atoms with Crippen molar-refractivity contribution in [2.75, 3.05) is 6.61 Å². The molecule has 0 aliphatic heterocycles. The quantitative estimate of drug-likeness (QED) is 0.763. The Hall–Kier alpha value is -2.24. The summed E-state index contributed by atoms with van der Waals surface area (Å²) in [5.41, 5.74) is -1.63. The Morgan fingerprint density at radius 1 is 1.26 bits per heavy atom. The third kappa shape index (κ3) is 2.96. The van der Waals surface area contributed by atoms with Gasteiger partial charge in [-0.1, -0.05) is 12.1 Å². The highest BCUT2D eigenvalue weighted by Crippen LogP contribution is 2.33. The second-order valence-corrected chi connectivity index (χ2v) is 4.08. The predicted octanol–water partition coefficient (Wildman–Crippen LogP) is 1.70. The second-order valence-electron chi connectivity index (χ2n) is 4.08. The van der Waals surface area contributed by atoms with E-state index in [2.05, 4.69) is 0 Å². The zero-order chi connectivity index (χ0) is 14.6. The average Bonchev–Trinajstić information content (AvgIpc) is 2.33. The van der Waals surface area contributed by atoms with Crippen LogP contribution in [0.1, 0.15) is 19.4 Å². The molecule has 104 valence electrons. The number of aliphatic carboxylic acids is 2. The van der Waals surface area contributed by atoms with Crippen molar-refractivity contribution < 1.29 is 29.3 Å². The molecule has 0 bridgehead atoms. The van der Waals surface area contributed by atoms with Crippen molar-refractivity contribution in [3.05, 3.63) is 23.8 Å². The summed E-state index contributed by atoms with van der Waals surface area (Å²) in [6.07, 6.45) is 0. The molecule has 0 radical (unpaired) electrons. The van der Waals surface area contributed by atoms with E-state index in [-0.39, 0.29) is 5.75 Å². The third-order valence-electron chi connectivity index (χ3n) is 2.59. The largest absolute Gasteiger partial charge is 0.490 e. The fourth-order valence-electron chi connectivity index (χ4n) is 1.43. The van der Waals surface area contributed by atoms with E-state index in [9.17, 15) is 9.59 Å². The molecule has 1 aromatic carbocycles. The molecule has 0 unspecified atom stereocenters. The lowest BCUT2D eigenvalue weighted by atomic mass is 10.1. The summed E-state index contributed by atoms with van der Waals surface area (Å²) in [6, 6.07) is 4.87. The van der Waals surface area contributed by atoms with Crippen molar-refractivity contribution in [1.29, 1.82) is 0 Å². The van der Waals surface area contributed by atoms with Gasteiger partial charge in [-0.3, -0.25) is 0 Å². The highest BCUT2D eigenvalue weighted by molar-refractivity contribution is 6.01. The van der Waals surface area contributed by atoms with Crippen LogP contribution in [0, 0.1) is 6.92 Å². The Balaban J connectivity index is 3.21. The van der Waals surface area contributed by atoms with Crippen molar-refractivity contribution in [2.45, 2.75) is 26.4 Å². The minimum Gasteiger partial charge on any atom is -0.490 e. The van der Waals surface area contributed by atoms with Gasteiger partial charge < -0.3 is 19.7 Å². The number of benzene rings is 1. The van der Waals surface area contributed by atoms with E-state index in [0.717, 1.165) is 12.5 Å². The van der Waals surface area contributed by atoms with E-state index < -0.39 is 17.5 Å². The van der Waals surface area contributed by atoms with E-state index in [1.54, 1.807) is 26.0 Å². The van der Waals surface area contributed by atoms with Crippen LogP contribution in [0.4, 0.5) is 0 Å². The number of hydrogen-bond acceptors (Lipinski definition) is 4. The first-order valence-corrected chi connectivity index (χ1v) is 5.71. The van der Waals surface area contributed by atoms with Gasteiger partial charge in [0.15, 0.2) is 11.5 Å². The highest BCUT2D eigenvalue weighted by Gasteiger charge is 2.45. The Morgan fingerprint density at radius 3 is 2.32 bits per heavy atom. The van der Waals surface area contributed by atoms with Crippen molar-refractivity contribution in [3.8, 4) is 11.5 Å². The Labute approximate surface area is 110 Å². The Morgan fingerprint density at radius 2 is 1.84 bits per heavy atom. The summed E-state index contributed by atoms with van der Waals surface area (Å²) in [5, 5.41) is 18.0. The second kappa shape index (κ2) is 5.60. The highest BCUT2D eigenvalue weighted by atomic mass is 16.6. The molecule has 0 atom stereocenters. The molecule has 19 heavy (non-hydrogen) atoms. The van der Waals surface area contributed by atoms with Gasteiger partial charge in [-0.2, -0.15) is 0 Å². The number of ether oxygens (including phenoxy) is 2. The van der Waals surface area contributed by atoms with Crippen LogP contribution in [-0.4, -0.2) is 34.4 Å². The SMILES string of the molecule is CCOc1c(C)cccc1OC(C)(C(=O)O)C(=O)O. The van der Waals surface area contributed by atoms with Crippen LogP contribution in [0.3, 0.4) is 0 Å². The van der Waals surface area contributed by atoms with E-state index >= 15 is 0 Å².